The molecule has 2 rings (SSSR count). The van der Waals surface area contributed by atoms with Crippen molar-refractivity contribution in [2.45, 2.75) is 19.1 Å². The van der Waals surface area contributed by atoms with E-state index in [1.807, 2.05) is 42.5 Å². The highest BCUT2D eigenvalue weighted by atomic mass is 16.6. The van der Waals surface area contributed by atoms with Crippen LogP contribution < -0.4 is 5.32 Å². The van der Waals surface area contributed by atoms with Crippen LogP contribution in [0, 0.1) is 0 Å². The van der Waals surface area contributed by atoms with Crippen LogP contribution >= 0.6 is 0 Å². The number of ether oxygens (including phenoxy) is 2. The van der Waals surface area contributed by atoms with Gasteiger partial charge in [0, 0.05) is 18.3 Å². The average molecular weight is 302 g/mol. The summed E-state index contributed by atoms with van der Waals surface area (Å²) in [4.78, 5) is 26.5. The molecule has 0 aliphatic heterocycles. The van der Waals surface area contributed by atoms with Gasteiger partial charge < -0.3 is 19.8 Å². The number of esters is 1. The van der Waals surface area contributed by atoms with E-state index in [2.05, 4.69) is 10.3 Å². The zero-order chi connectivity index (χ0) is 15.8. The van der Waals surface area contributed by atoms with E-state index in [1.165, 1.54) is 7.11 Å². The van der Waals surface area contributed by atoms with Crippen molar-refractivity contribution in [2.24, 2.45) is 0 Å². The highest BCUT2D eigenvalue weighted by molar-refractivity contribution is 5.81. The molecule has 0 radical (unpaired) electrons. The van der Waals surface area contributed by atoms with Gasteiger partial charge in [-0.2, -0.15) is 0 Å². The fourth-order valence-corrected chi connectivity index (χ4v) is 1.96. The van der Waals surface area contributed by atoms with Crippen LogP contribution in [-0.4, -0.2) is 30.2 Å². The summed E-state index contributed by atoms with van der Waals surface area (Å²) >= 11 is 0. The molecule has 0 bridgehead atoms. The normalized spacial score (nSPS) is 11.5. The number of benzene rings is 1. The van der Waals surface area contributed by atoms with Crippen LogP contribution in [0.3, 0.4) is 0 Å². The molecule has 0 saturated heterocycles. The van der Waals surface area contributed by atoms with Crippen molar-refractivity contribution in [3.63, 3.8) is 0 Å². The van der Waals surface area contributed by atoms with Crippen molar-refractivity contribution >= 4 is 12.1 Å². The molecule has 22 heavy (non-hydrogen) atoms. The lowest BCUT2D eigenvalue weighted by Crippen LogP contribution is -2.43. The van der Waals surface area contributed by atoms with E-state index >= 15 is 0 Å². The van der Waals surface area contributed by atoms with E-state index < -0.39 is 18.1 Å². The molecule has 1 atom stereocenters. The first kappa shape index (κ1) is 15.6. The first-order chi connectivity index (χ1) is 10.7. The first-order valence-corrected chi connectivity index (χ1v) is 6.86. The van der Waals surface area contributed by atoms with Crippen LogP contribution in [0.4, 0.5) is 4.79 Å². The monoisotopic (exact) mass is 302 g/mol. The zero-order valence-electron chi connectivity index (χ0n) is 12.2. The Hall–Kier alpha value is -2.76. The van der Waals surface area contributed by atoms with Crippen molar-refractivity contribution in [1.82, 2.24) is 10.3 Å². The highest BCUT2D eigenvalue weighted by Crippen LogP contribution is 2.04. The zero-order valence-corrected chi connectivity index (χ0v) is 12.2. The molecule has 2 aromatic rings. The van der Waals surface area contributed by atoms with Crippen LogP contribution in [0.15, 0.2) is 48.7 Å². The molecular weight excluding hydrogens is 284 g/mol. The maximum Gasteiger partial charge on any atom is 0.408 e. The smallest absolute Gasteiger partial charge is 0.408 e. The number of hydrogen-bond donors (Lipinski definition) is 2. The van der Waals surface area contributed by atoms with Gasteiger partial charge in [-0.15, -0.1) is 0 Å². The number of carbonyl (C=O) groups is 2. The Labute approximate surface area is 128 Å². The number of H-pyrrole nitrogens is 1. The maximum absolute atomic E-state index is 11.8. The summed E-state index contributed by atoms with van der Waals surface area (Å²) < 4.78 is 9.81. The van der Waals surface area contributed by atoms with Gasteiger partial charge in [0.2, 0.25) is 0 Å². The molecular formula is C16H18N2O4. The Morgan fingerprint density at radius 1 is 1.18 bits per heavy atom. The number of nitrogens with one attached hydrogen (secondary N) is 2. The van der Waals surface area contributed by atoms with Crippen LogP contribution in [0.1, 0.15) is 11.3 Å². The van der Waals surface area contributed by atoms with Gasteiger partial charge in [-0.3, -0.25) is 0 Å². The van der Waals surface area contributed by atoms with E-state index in [0.29, 0.717) is 6.42 Å². The van der Waals surface area contributed by atoms with Gasteiger partial charge in [0.1, 0.15) is 12.6 Å². The summed E-state index contributed by atoms with van der Waals surface area (Å²) in [6.45, 7) is 0.142. The van der Waals surface area contributed by atoms with E-state index in [0.717, 1.165) is 11.3 Å². The lowest BCUT2D eigenvalue weighted by Gasteiger charge is -2.15. The van der Waals surface area contributed by atoms with Crippen molar-refractivity contribution in [1.29, 1.82) is 0 Å². The Kier molecular flexibility index (Phi) is 5.59. The second kappa shape index (κ2) is 7.87. The van der Waals surface area contributed by atoms with E-state index in [4.69, 9.17) is 9.47 Å². The second-order valence-electron chi connectivity index (χ2n) is 4.68. The van der Waals surface area contributed by atoms with Gasteiger partial charge in [0.25, 0.3) is 0 Å². The summed E-state index contributed by atoms with van der Waals surface area (Å²) in [5, 5.41) is 2.52. The van der Waals surface area contributed by atoms with Crippen molar-refractivity contribution < 1.29 is 19.1 Å². The molecule has 6 nitrogen and oxygen atoms in total. The van der Waals surface area contributed by atoms with E-state index in [-0.39, 0.29) is 6.61 Å². The number of alkyl carbamates (subject to hydrolysis) is 1. The predicted molar refractivity (Wildman–Crippen MR) is 80.1 cm³/mol. The Balaban J connectivity index is 1.88. The van der Waals surface area contributed by atoms with Crippen LogP contribution in [-0.2, 0) is 27.3 Å². The number of hydrogen-bond acceptors (Lipinski definition) is 4. The third-order valence-corrected chi connectivity index (χ3v) is 3.08. The summed E-state index contributed by atoms with van der Waals surface area (Å²) in [6, 6.07) is 12.1. The van der Waals surface area contributed by atoms with Gasteiger partial charge >= 0.3 is 12.1 Å². The molecule has 1 heterocycles. The summed E-state index contributed by atoms with van der Waals surface area (Å²) in [7, 11) is 1.28. The van der Waals surface area contributed by atoms with Crippen molar-refractivity contribution in [3.05, 3.63) is 59.9 Å². The number of rotatable bonds is 6. The fraction of sp³-hybridized carbons (Fsp3) is 0.250. The SMILES string of the molecule is COC(=O)[C@H](Cc1ccc[nH]1)NC(=O)OCc1ccccc1. The summed E-state index contributed by atoms with van der Waals surface area (Å²) in [5.74, 6) is -0.522. The van der Waals surface area contributed by atoms with Crippen LogP contribution in [0.2, 0.25) is 0 Å². The number of aromatic amines is 1. The quantitative estimate of drug-likeness (QED) is 0.800. The number of amides is 1. The molecule has 1 aromatic heterocycles. The molecule has 6 heteroatoms. The molecule has 0 spiro atoms. The maximum atomic E-state index is 11.8. The van der Waals surface area contributed by atoms with Gasteiger partial charge in [0.15, 0.2) is 0 Å². The van der Waals surface area contributed by atoms with E-state index in [1.54, 1.807) is 6.20 Å². The topological polar surface area (TPSA) is 80.4 Å². The van der Waals surface area contributed by atoms with Gasteiger partial charge in [-0.1, -0.05) is 30.3 Å². The number of methoxy groups -OCH3 is 1. The predicted octanol–water partition coefficient (Wildman–Crippen LogP) is 2.03. The molecule has 116 valence electrons. The lowest BCUT2D eigenvalue weighted by molar-refractivity contribution is -0.143. The van der Waals surface area contributed by atoms with Crippen LogP contribution in [0.25, 0.3) is 0 Å². The Bertz CT molecular complexity index is 596. The molecule has 0 fully saturated rings. The summed E-state index contributed by atoms with van der Waals surface area (Å²) in [6.07, 6.45) is 1.39. The molecule has 0 aliphatic carbocycles. The van der Waals surface area contributed by atoms with Gasteiger partial charge in [0.05, 0.1) is 7.11 Å². The van der Waals surface area contributed by atoms with Gasteiger partial charge in [-0.05, 0) is 17.7 Å². The molecule has 1 aromatic carbocycles. The van der Waals surface area contributed by atoms with E-state index in [9.17, 15) is 9.59 Å². The second-order valence-corrected chi connectivity index (χ2v) is 4.68. The molecule has 1 amide bonds. The Morgan fingerprint density at radius 3 is 2.59 bits per heavy atom. The minimum Gasteiger partial charge on any atom is -0.467 e. The third kappa shape index (κ3) is 4.66. The Morgan fingerprint density at radius 2 is 1.95 bits per heavy atom. The fourth-order valence-electron chi connectivity index (χ4n) is 1.96. The molecule has 2 N–H and O–H groups in total. The molecule has 0 unspecified atom stereocenters. The average Bonchev–Trinajstić information content (AvgIpc) is 3.05. The molecule has 0 aliphatic rings. The lowest BCUT2D eigenvalue weighted by atomic mass is 10.1. The van der Waals surface area contributed by atoms with Crippen molar-refractivity contribution in [3.8, 4) is 0 Å². The molecule has 0 saturated carbocycles. The standard InChI is InChI=1S/C16H18N2O4/c1-21-15(19)14(10-13-8-5-9-17-13)18-16(20)22-11-12-6-3-2-4-7-12/h2-9,14,17H,10-11H2,1H3,(H,18,20)/t14-/m0/s1. The highest BCUT2D eigenvalue weighted by Gasteiger charge is 2.23. The van der Waals surface area contributed by atoms with Crippen LogP contribution in [0.5, 0.6) is 0 Å². The number of carbonyl (C=O) groups excluding carboxylic acids is 2. The third-order valence-electron chi connectivity index (χ3n) is 3.08. The largest absolute Gasteiger partial charge is 0.467 e. The number of aromatic nitrogens is 1. The first-order valence-electron chi connectivity index (χ1n) is 6.86. The van der Waals surface area contributed by atoms with Crippen molar-refractivity contribution in [2.75, 3.05) is 7.11 Å². The minimum atomic E-state index is -0.799. The summed E-state index contributed by atoms with van der Waals surface area (Å²) in [5.41, 5.74) is 1.69. The minimum absolute atomic E-state index is 0.142. The van der Waals surface area contributed by atoms with Gasteiger partial charge in [-0.25, -0.2) is 9.59 Å².